The summed E-state index contributed by atoms with van der Waals surface area (Å²) in [7, 11) is 0. The highest BCUT2D eigenvalue weighted by molar-refractivity contribution is 7.11. The van der Waals surface area contributed by atoms with E-state index < -0.39 is 0 Å². The van der Waals surface area contributed by atoms with Crippen molar-refractivity contribution in [2.45, 2.75) is 65.3 Å². The van der Waals surface area contributed by atoms with E-state index in [1.165, 1.54) is 54.2 Å². The number of nitrogens with one attached hydrogen (secondary N) is 1. The van der Waals surface area contributed by atoms with Gasteiger partial charge in [0.2, 0.25) is 0 Å². The summed E-state index contributed by atoms with van der Waals surface area (Å²) in [6, 6.07) is 0.770. The lowest BCUT2D eigenvalue weighted by Gasteiger charge is -2.17. The van der Waals surface area contributed by atoms with Crippen LogP contribution in [0.4, 0.5) is 0 Å². The van der Waals surface area contributed by atoms with Crippen molar-refractivity contribution in [1.29, 1.82) is 0 Å². The van der Waals surface area contributed by atoms with Gasteiger partial charge < -0.3 is 5.32 Å². The molecule has 102 valence electrons. The third-order valence-corrected chi connectivity index (χ3v) is 4.96. The number of aromatic nitrogens is 1. The minimum Gasteiger partial charge on any atom is -0.314 e. The molecular formula is C15H26N2S. The van der Waals surface area contributed by atoms with E-state index in [0.29, 0.717) is 0 Å². The maximum atomic E-state index is 4.63. The molecule has 0 aromatic carbocycles. The minimum atomic E-state index is 0.770. The van der Waals surface area contributed by atoms with Crippen molar-refractivity contribution < 1.29 is 0 Å². The number of aryl methyl sites for hydroxylation is 3. The molecule has 0 amide bonds. The van der Waals surface area contributed by atoms with Crippen LogP contribution < -0.4 is 5.32 Å². The molecule has 1 heterocycles. The molecule has 0 bridgehead atoms. The summed E-state index contributed by atoms with van der Waals surface area (Å²) in [5, 5.41) is 5.05. The Morgan fingerprint density at radius 2 is 2.17 bits per heavy atom. The Morgan fingerprint density at radius 3 is 2.72 bits per heavy atom. The highest BCUT2D eigenvalue weighted by atomic mass is 32.1. The van der Waals surface area contributed by atoms with E-state index in [-0.39, 0.29) is 0 Å². The molecule has 1 unspecified atom stereocenters. The fourth-order valence-electron chi connectivity index (χ4n) is 2.45. The van der Waals surface area contributed by atoms with Crippen LogP contribution in [0.25, 0.3) is 0 Å². The Kier molecular flexibility index (Phi) is 5.19. The molecular weight excluding hydrogens is 240 g/mol. The Hall–Kier alpha value is -0.410. The first-order chi connectivity index (χ1) is 8.70. The standard InChI is InChI=1S/C15H26N2S/c1-4-10-16-14(13-8-9-13)6-5-7-15-17-11(2)12(3)18-15/h13-14,16H,4-10H2,1-3H3. The van der Waals surface area contributed by atoms with Crippen LogP contribution in [0.2, 0.25) is 0 Å². The molecule has 1 aromatic heterocycles. The van der Waals surface area contributed by atoms with E-state index in [1.807, 2.05) is 11.3 Å². The quantitative estimate of drug-likeness (QED) is 0.773. The highest BCUT2D eigenvalue weighted by Crippen LogP contribution is 2.34. The van der Waals surface area contributed by atoms with Gasteiger partial charge in [0.05, 0.1) is 10.7 Å². The molecule has 3 heteroatoms. The number of hydrogen-bond donors (Lipinski definition) is 1. The molecule has 1 aromatic rings. The molecule has 0 radical (unpaired) electrons. The highest BCUT2D eigenvalue weighted by Gasteiger charge is 2.30. The number of rotatable bonds is 8. The van der Waals surface area contributed by atoms with Crippen molar-refractivity contribution in [2.75, 3.05) is 6.54 Å². The first-order valence-corrected chi connectivity index (χ1v) is 8.18. The average molecular weight is 266 g/mol. The normalized spacial score (nSPS) is 17.1. The first-order valence-electron chi connectivity index (χ1n) is 7.37. The van der Waals surface area contributed by atoms with Crippen LogP contribution in [0.3, 0.4) is 0 Å². The van der Waals surface area contributed by atoms with E-state index in [0.717, 1.165) is 18.4 Å². The number of nitrogens with zero attached hydrogens (tertiary/aromatic N) is 1. The summed E-state index contributed by atoms with van der Waals surface area (Å²) in [6.07, 6.45) is 7.89. The third kappa shape index (κ3) is 4.06. The van der Waals surface area contributed by atoms with Gasteiger partial charge in [0.1, 0.15) is 0 Å². The fraction of sp³-hybridized carbons (Fsp3) is 0.800. The van der Waals surface area contributed by atoms with Crippen LogP contribution >= 0.6 is 11.3 Å². The molecule has 1 aliphatic carbocycles. The summed E-state index contributed by atoms with van der Waals surface area (Å²) >= 11 is 1.88. The Balaban J connectivity index is 1.72. The summed E-state index contributed by atoms with van der Waals surface area (Å²) in [6.45, 7) is 7.71. The van der Waals surface area contributed by atoms with Gasteiger partial charge in [-0.25, -0.2) is 4.98 Å². The molecule has 1 aliphatic rings. The molecule has 0 aliphatic heterocycles. The maximum Gasteiger partial charge on any atom is 0.0930 e. The fourth-order valence-corrected chi connectivity index (χ4v) is 3.43. The number of thiazole rings is 1. The van der Waals surface area contributed by atoms with Crippen LogP contribution in [0.1, 0.15) is 54.6 Å². The summed E-state index contributed by atoms with van der Waals surface area (Å²) in [5.41, 5.74) is 1.22. The maximum absolute atomic E-state index is 4.63. The smallest absolute Gasteiger partial charge is 0.0930 e. The van der Waals surface area contributed by atoms with Crippen LogP contribution in [-0.4, -0.2) is 17.6 Å². The molecule has 1 fully saturated rings. The molecule has 0 saturated heterocycles. The van der Waals surface area contributed by atoms with Gasteiger partial charge in [0.15, 0.2) is 0 Å². The van der Waals surface area contributed by atoms with E-state index in [9.17, 15) is 0 Å². The Bertz CT molecular complexity index is 349. The average Bonchev–Trinajstić information content (AvgIpc) is 3.12. The van der Waals surface area contributed by atoms with Gasteiger partial charge in [-0.2, -0.15) is 0 Å². The van der Waals surface area contributed by atoms with Crippen molar-refractivity contribution in [3.63, 3.8) is 0 Å². The Morgan fingerprint density at radius 1 is 1.39 bits per heavy atom. The van der Waals surface area contributed by atoms with Gasteiger partial charge in [0, 0.05) is 10.9 Å². The summed E-state index contributed by atoms with van der Waals surface area (Å²) < 4.78 is 0. The summed E-state index contributed by atoms with van der Waals surface area (Å²) in [5.74, 6) is 0.969. The predicted molar refractivity (Wildman–Crippen MR) is 79.3 cm³/mol. The van der Waals surface area contributed by atoms with Crippen LogP contribution in [-0.2, 0) is 6.42 Å². The zero-order valence-corrected chi connectivity index (χ0v) is 12.8. The van der Waals surface area contributed by atoms with Gasteiger partial charge in [0.25, 0.3) is 0 Å². The second kappa shape index (κ2) is 6.67. The van der Waals surface area contributed by atoms with Crippen molar-refractivity contribution in [3.8, 4) is 0 Å². The molecule has 1 N–H and O–H groups in total. The lowest BCUT2D eigenvalue weighted by molar-refractivity contribution is 0.425. The van der Waals surface area contributed by atoms with Gasteiger partial charge in [-0.05, 0) is 64.8 Å². The Labute approximate surface area is 115 Å². The zero-order valence-electron chi connectivity index (χ0n) is 12.0. The van der Waals surface area contributed by atoms with Crippen molar-refractivity contribution in [2.24, 2.45) is 5.92 Å². The largest absolute Gasteiger partial charge is 0.314 e. The third-order valence-electron chi connectivity index (χ3n) is 3.83. The van der Waals surface area contributed by atoms with Crippen LogP contribution in [0.15, 0.2) is 0 Å². The van der Waals surface area contributed by atoms with Crippen molar-refractivity contribution in [3.05, 3.63) is 15.6 Å². The first kappa shape index (κ1) is 14.0. The van der Waals surface area contributed by atoms with E-state index in [2.05, 4.69) is 31.1 Å². The molecule has 1 atom stereocenters. The van der Waals surface area contributed by atoms with Crippen LogP contribution in [0, 0.1) is 19.8 Å². The minimum absolute atomic E-state index is 0.770. The molecule has 0 spiro atoms. The van der Waals surface area contributed by atoms with Gasteiger partial charge in [-0.15, -0.1) is 11.3 Å². The van der Waals surface area contributed by atoms with Crippen molar-refractivity contribution in [1.82, 2.24) is 10.3 Å². The molecule has 18 heavy (non-hydrogen) atoms. The second-order valence-electron chi connectivity index (χ2n) is 5.54. The topological polar surface area (TPSA) is 24.9 Å². The van der Waals surface area contributed by atoms with Gasteiger partial charge in [-0.1, -0.05) is 6.92 Å². The zero-order chi connectivity index (χ0) is 13.0. The van der Waals surface area contributed by atoms with Crippen molar-refractivity contribution >= 4 is 11.3 Å². The molecule has 2 rings (SSSR count). The van der Waals surface area contributed by atoms with E-state index >= 15 is 0 Å². The number of hydrogen-bond acceptors (Lipinski definition) is 3. The lowest BCUT2D eigenvalue weighted by atomic mass is 10.1. The van der Waals surface area contributed by atoms with Gasteiger partial charge >= 0.3 is 0 Å². The van der Waals surface area contributed by atoms with Crippen LogP contribution in [0.5, 0.6) is 0 Å². The second-order valence-corrected chi connectivity index (χ2v) is 6.83. The molecule has 1 saturated carbocycles. The van der Waals surface area contributed by atoms with Gasteiger partial charge in [-0.3, -0.25) is 0 Å². The monoisotopic (exact) mass is 266 g/mol. The van der Waals surface area contributed by atoms with E-state index in [4.69, 9.17) is 0 Å². The SMILES string of the molecule is CCCNC(CCCc1nc(C)c(C)s1)C1CC1. The van der Waals surface area contributed by atoms with E-state index in [1.54, 1.807) is 0 Å². The predicted octanol–water partition coefficient (Wildman–Crippen LogP) is 3.86. The summed E-state index contributed by atoms with van der Waals surface area (Å²) in [4.78, 5) is 6.01. The molecule has 2 nitrogen and oxygen atoms in total. The lowest BCUT2D eigenvalue weighted by Crippen LogP contribution is -2.31.